The third kappa shape index (κ3) is 1.62. The molecule has 1 aromatic carbocycles. The second kappa shape index (κ2) is 3.62. The molecule has 1 fully saturated rings. The molecule has 2 rings (SSSR count). The number of aryl methyl sites for hydroxylation is 2. The van der Waals surface area contributed by atoms with Crippen LogP contribution in [0.25, 0.3) is 0 Å². The largest absolute Gasteiger partial charge is 0.398 e. The molecule has 1 aromatic rings. The van der Waals surface area contributed by atoms with Crippen LogP contribution in [0.15, 0.2) is 12.1 Å². The predicted molar refractivity (Wildman–Crippen MR) is 60.3 cm³/mol. The van der Waals surface area contributed by atoms with Crippen LogP contribution in [0, 0.1) is 13.8 Å². The molecule has 2 heteroatoms. The highest BCUT2D eigenvalue weighted by Gasteiger charge is 2.19. The lowest BCUT2D eigenvalue weighted by Crippen LogP contribution is -2.15. The third-order valence-corrected chi connectivity index (χ3v) is 3.00. The molecular formula is C12H18N2. The van der Waals surface area contributed by atoms with E-state index in [0.29, 0.717) is 6.04 Å². The molecule has 1 aliphatic heterocycles. The van der Waals surface area contributed by atoms with Crippen LogP contribution in [0.4, 0.5) is 5.69 Å². The molecule has 0 radical (unpaired) electrons. The summed E-state index contributed by atoms with van der Waals surface area (Å²) in [4.78, 5) is 0. The van der Waals surface area contributed by atoms with Gasteiger partial charge in [-0.1, -0.05) is 17.7 Å². The Kier molecular flexibility index (Phi) is 2.46. The Hall–Kier alpha value is -1.02. The fourth-order valence-corrected chi connectivity index (χ4v) is 2.25. The molecule has 1 heterocycles. The molecule has 1 aliphatic rings. The summed E-state index contributed by atoms with van der Waals surface area (Å²) in [6, 6.07) is 4.84. The number of benzene rings is 1. The summed E-state index contributed by atoms with van der Waals surface area (Å²) < 4.78 is 0. The van der Waals surface area contributed by atoms with E-state index in [1.54, 1.807) is 0 Å². The van der Waals surface area contributed by atoms with Crippen molar-refractivity contribution in [2.45, 2.75) is 32.7 Å². The van der Waals surface area contributed by atoms with Crippen molar-refractivity contribution < 1.29 is 0 Å². The molecule has 3 N–H and O–H groups in total. The molecule has 0 amide bonds. The predicted octanol–water partition coefficient (Wildman–Crippen LogP) is 2.31. The van der Waals surface area contributed by atoms with Crippen molar-refractivity contribution in [2.75, 3.05) is 12.3 Å². The number of rotatable bonds is 1. The van der Waals surface area contributed by atoms with E-state index >= 15 is 0 Å². The Morgan fingerprint density at radius 1 is 1.36 bits per heavy atom. The molecule has 0 saturated carbocycles. The van der Waals surface area contributed by atoms with Gasteiger partial charge >= 0.3 is 0 Å². The summed E-state index contributed by atoms with van der Waals surface area (Å²) in [6.45, 7) is 5.34. The highest BCUT2D eigenvalue weighted by Crippen LogP contribution is 2.30. The van der Waals surface area contributed by atoms with E-state index in [0.717, 1.165) is 12.2 Å². The van der Waals surface area contributed by atoms with Gasteiger partial charge in [-0.3, -0.25) is 0 Å². The highest BCUT2D eigenvalue weighted by molar-refractivity contribution is 5.56. The van der Waals surface area contributed by atoms with Crippen molar-refractivity contribution in [3.63, 3.8) is 0 Å². The monoisotopic (exact) mass is 190 g/mol. The minimum atomic E-state index is 0.480. The van der Waals surface area contributed by atoms with E-state index in [-0.39, 0.29) is 0 Å². The maximum absolute atomic E-state index is 6.09. The second-order valence-corrected chi connectivity index (χ2v) is 4.23. The van der Waals surface area contributed by atoms with Gasteiger partial charge in [0.1, 0.15) is 0 Å². The fourth-order valence-electron chi connectivity index (χ4n) is 2.25. The van der Waals surface area contributed by atoms with Crippen molar-refractivity contribution in [3.05, 3.63) is 28.8 Å². The van der Waals surface area contributed by atoms with Gasteiger partial charge in [0.15, 0.2) is 0 Å². The zero-order valence-corrected chi connectivity index (χ0v) is 8.93. The van der Waals surface area contributed by atoms with Crippen LogP contribution in [0.5, 0.6) is 0 Å². The van der Waals surface area contributed by atoms with Crippen molar-refractivity contribution >= 4 is 5.69 Å². The van der Waals surface area contributed by atoms with Gasteiger partial charge in [0.05, 0.1) is 0 Å². The first-order valence-electron chi connectivity index (χ1n) is 5.28. The summed E-state index contributed by atoms with van der Waals surface area (Å²) in [5, 5.41) is 3.49. The van der Waals surface area contributed by atoms with Crippen LogP contribution in [0.3, 0.4) is 0 Å². The first kappa shape index (κ1) is 9.53. The summed E-state index contributed by atoms with van der Waals surface area (Å²) >= 11 is 0. The molecule has 0 spiro atoms. The molecule has 2 nitrogen and oxygen atoms in total. The number of hydrogen-bond donors (Lipinski definition) is 2. The molecule has 0 unspecified atom stereocenters. The minimum absolute atomic E-state index is 0.480. The van der Waals surface area contributed by atoms with E-state index in [9.17, 15) is 0 Å². The van der Waals surface area contributed by atoms with Crippen LogP contribution < -0.4 is 11.1 Å². The van der Waals surface area contributed by atoms with Gasteiger partial charge in [0.25, 0.3) is 0 Å². The van der Waals surface area contributed by atoms with Gasteiger partial charge in [0, 0.05) is 11.7 Å². The van der Waals surface area contributed by atoms with Gasteiger partial charge in [-0.2, -0.15) is 0 Å². The first-order valence-corrected chi connectivity index (χ1v) is 5.28. The van der Waals surface area contributed by atoms with E-state index in [4.69, 9.17) is 5.73 Å². The van der Waals surface area contributed by atoms with Crippen molar-refractivity contribution in [1.82, 2.24) is 5.32 Å². The average molecular weight is 190 g/mol. The molecule has 0 aliphatic carbocycles. The van der Waals surface area contributed by atoms with E-state index < -0.39 is 0 Å². The van der Waals surface area contributed by atoms with Crippen LogP contribution in [-0.4, -0.2) is 6.54 Å². The van der Waals surface area contributed by atoms with Gasteiger partial charge in [-0.15, -0.1) is 0 Å². The molecule has 76 valence electrons. The number of nitrogen functional groups attached to an aromatic ring is 1. The molecule has 0 bridgehead atoms. The molecule has 14 heavy (non-hydrogen) atoms. The lowest BCUT2D eigenvalue weighted by Gasteiger charge is -2.16. The summed E-state index contributed by atoms with van der Waals surface area (Å²) in [6.07, 6.45) is 2.48. The van der Waals surface area contributed by atoms with Gasteiger partial charge in [-0.05, 0) is 44.4 Å². The quantitative estimate of drug-likeness (QED) is 0.667. The standard InChI is InChI=1S/C12H18N2/c1-8-6-9(2)12(13)10(7-8)11-4-3-5-14-11/h6-7,11,14H,3-5,13H2,1-2H3/t11-/m1/s1. The number of anilines is 1. The van der Waals surface area contributed by atoms with Gasteiger partial charge in [0.2, 0.25) is 0 Å². The van der Waals surface area contributed by atoms with Gasteiger partial charge in [-0.25, -0.2) is 0 Å². The lowest BCUT2D eigenvalue weighted by molar-refractivity contribution is 0.649. The maximum atomic E-state index is 6.09. The zero-order valence-electron chi connectivity index (χ0n) is 8.93. The number of nitrogens with two attached hydrogens (primary N) is 1. The molecular weight excluding hydrogens is 172 g/mol. The minimum Gasteiger partial charge on any atom is -0.398 e. The third-order valence-electron chi connectivity index (χ3n) is 3.00. The topological polar surface area (TPSA) is 38.0 Å². The molecule has 0 aromatic heterocycles. The summed E-state index contributed by atoms with van der Waals surface area (Å²) in [5.74, 6) is 0. The molecule has 1 saturated heterocycles. The number of nitrogens with one attached hydrogen (secondary N) is 1. The van der Waals surface area contributed by atoms with E-state index in [1.165, 1.54) is 29.5 Å². The first-order chi connectivity index (χ1) is 6.68. The highest BCUT2D eigenvalue weighted by atomic mass is 14.9. The van der Waals surface area contributed by atoms with Crippen LogP contribution in [0.1, 0.15) is 35.6 Å². The normalized spacial score (nSPS) is 21.4. The van der Waals surface area contributed by atoms with E-state index in [1.807, 2.05) is 0 Å². The fraction of sp³-hybridized carbons (Fsp3) is 0.500. The van der Waals surface area contributed by atoms with Crippen LogP contribution in [0.2, 0.25) is 0 Å². The average Bonchev–Trinajstić information content (AvgIpc) is 2.63. The van der Waals surface area contributed by atoms with Crippen LogP contribution >= 0.6 is 0 Å². The molecule has 1 atom stereocenters. The Bertz CT molecular complexity index is 338. The Morgan fingerprint density at radius 2 is 2.14 bits per heavy atom. The lowest BCUT2D eigenvalue weighted by atomic mass is 9.98. The summed E-state index contributed by atoms with van der Waals surface area (Å²) in [7, 11) is 0. The Morgan fingerprint density at radius 3 is 2.79 bits per heavy atom. The number of hydrogen-bond acceptors (Lipinski definition) is 2. The SMILES string of the molecule is Cc1cc(C)c(N)c([C@H]2CCCN2)c1. The summed E-state index contributed by atoms with van der Waals surface area (Å²) in [5.41, 5.74) is 10.9. The van der Waals surface area contributed by atoms with Crippen molar-refractivity contribution in [2.24, 2.45) is 0 Å². The Balaban J connectivity index is 2.40. The maximum Gasteiger partial charge on any atom is 0.0392 e. The smallest absolute Gasteiger partial charge is 0.0392 e. The van der Waals surface area contributed by atoms with Crippen molar-refractivity contribution in [1.29, 1.82) is 0 Å². The van der Waals surface area contributed by atoms with Gasteiger partial charge < -0.3 is 11.1 Å². The Labute approximate surface area is 85.5 Å². The zero-order chi connectivity index (χ0) is 10.1. The van der Waals surface area contributed by atoms with Crippen LogP contribution in [-0.2, 0) is 0 Å². The van der Waals surface area contributed by atoms with Crippen molar-refractivity contribution in [3.8, 4) is 0 Å². The van der Waals surface area contributed by atoms with E-state index in [2.05, 4.69) is 31.3 Å². The second-order valence-electron chi connectivity index (χ2n) is 4.23.